The van der Waals surface area contributed by atoms with Gasteiger partial charge >= 0.3 is 0 Å². The van der Waals surface area contributed by atoms with E-state index in [0.717, 1.165) is 25.0 Å². The van der Waals surface area contributed by atoms with E-state index in [4.69, 9.17) is 0 Å². The van der Waals surface area contributed by atoms with Crippen molar-refractivity contribution in [2.75, 3.05) is 7.05 Å². The summed E-state index contributed by atoms with van der Waals surface area (Å²) in [6, 6.07) is 0. The molecular formula is C21H29N. The Balaban J connectivity index is 2.39. The highest BCUT2D eigenvalue weighted by molar-refractivity contribution is 6.12. The second-order valence-electron chi connectivity index (χ2n) is 6.95. The Kier molecular flexibility index (Phi) is 5.05. The van der Waals surface area contributed by atoms with Gasteiger partial charge in [-0.1, -0.05) is 70.2 Å². The zero-order valence-corrected chi connectivity index (χ0v) is 14.7. The van der Waals surface area contributed by atoms with Crippen molar-refractivity contribution in [3.63, 3.8) is 0 Å². The summed E-state index contributed by atoms with van der Waals surface area (Å²) >= 11 is 0. The van der Waals surface area contributed by atoms with Crippen molar-refractivity contribution in [1.82, 2.24) is 0 Å². The molecule has 0 heterocycles. The molecule has 0 bridgehead atoms. The van der Waals surface area contributed by atoms with E-state index in [1.807, 2.05) is 7.05 Å². The van der Waals surface area contributed by atoms with Gasteiger partial charge in [-0.15, -0.1) is 0 Å². The van der Waals surface area contributed by atoms with Crippen LogP contribution < -0.4 is 0 Å². The standard InChI is InChI=1S/C21H29N/c1-6-20(3)13-8-9-17(10-14-20)18-11-15-21(4,7-2)16-12-19(18)22-5/h8-14,16H,6-7,15H2,1-5H3. The van der Waals surface area contributed by atoms with Crippen LogP contribution in [0.15, 0.2) is 64.7 Å². The SMILES string of the molecule is CCC1(C)C=CC=C(C2=CCC(C)(CC)C=CC2=NC)C=C1. The summed E-state index contributed by atoms with van der Waals surface area (Å²) in [5, 5.41) is 0. The second-order valence-corrected chi connectivity index (χ2v) is 6.95. The average molecular weight is 295 g/mol. The lowest BCUT2D eigenvalue weighted by molar-refractivity contribution is 0.418. The lowest BCUT2D eigenvalue weighted by Gasteiger charge is -2.21. The van der Waals surface area contributed by atoms with E-state index < -0.39 is 0 Å². The number of rotatable bonds is 3. The average Bonchev–Trinajstić information content (AvgIpc) is 2.82. The summed E-state index contributed by atoms with van der Waals surface area (Å²) in [6.45, 7) is 9.09. The van der Waals surface area contributed by atoms with Crippen LogP contribution in [-0.2, 0) is 0 Å². The Morgan fingerprint density at radius 3 is 2.45 bits per heavy atom. The van der Waals surface area contributed by atoms with Crippen LogP contribution in [0.3, 0.4) is 0 Å². The highest BCUT2D eigenvalue weighted by atomic mass is 14.7. The third kappa shape index (κ3) is 3.58. The maximum atomic E-state index is 4.51. The van der Waals surface area contributed by atoms with Gasteiger partial charge in [-0.3, -0.25) is 4.99 Å². The van der Waals surface area contributed by atoms with Gasteiger partial charge in [0.1, 0.15) is 0 Å². The third-order valence-corrected chi connectivity index (χ3v) is 5.21. The lowest BCUT2D eigenvalue weighted by atomic mass is 9.84. The Morgan fingerprint density at radius 2 is 1.82 bits per heavy atom. The summed E-state index contributed by atoms with van der Waals surface area (Å²) in [5.41, 5.74) is 4.00. The molecule has 22 heavy (non-hydrogen) atoms. The van der Waals surface area contributed by atoms with Crippen LogP contribution in [0.1, 0.15) is 47.0 Å². The molecule has 0 aromatic carbocycles. The quantitative estimate of drug-likeness (QED) is 0.621. The first-order valence-electron chi connectivity index (χ1n) is 8.41. The summed E-state index contributed by atoms with van der Waals surface area (Å²) in [7, 11) is 1.88. The minimum atomic E-state index is 0.154. The Labute approximate surface area is 135 Å². The van der Waals surface area contributed by atoms with Crippen molar-refractivity contribution >= 4 is 5.71 Å². The molecule has 0 saturated carbocycles. The maximum Gasteiger partial charge on any atom is 0.0643 e. The predicted octanol–water partition coefficient (Wildman–Crippen LogP) is 5.83. The number of allylic oxidation sites excluding steroid dienone is 10. The smallest absolute Gasteiger partial charge is 0.0643 e. The first kappa shape index (κ1) is 16.7. The van der Waals surface area contributed by atoms with E-state index in [9.17, 15) is 0 Å². The molecule has 118 valence electrons. The van der Waals surface area contributed by atoms with Crippen molar-refractivity contribution in [2.24, 2.45) is 15.8 Å². The molecule has 0 radical (unpaired) electrons. The fourth-order valence-electron chi connectivity index (χ4n) is 2.78. The first-order valence-corrected chi connectivity index (χ1v) is 8.41. The molecule has 0 amide bonds. The molecule has 2 atom stereocenters. The zero-order chi connectivity index (χ0) is 16.2. The molecule has 0 spiro atoms. The van der Waals surface area contributed by atoms with E-state index >= 15 is 0 Å². The van der Waals surface area contributed by atoms with E-state index in [0.29, 0.717) is 0 Å². The van der Waals surface area contributed by atoms with E-state index in [1.165, 1.54) is 11.1 Å². The van der Waals surface area contributed by atoms with E-state index in [2.05, 4.69) is 81.3 Å². The third-order valence-electron chi connectivity index (χ3n) is 5.21. The van der Waals surface area contributed by atoms with Gasteiger partial charge in [0.05, 0.1) is 5.71 Å². The number of nitrogens with zero attached hydrogens (tertiary/aromatic N) is 1. The van der Waals surface area contributed by atoms with Gasteiger partial charge in [-0.05, 0) is 36.3 Å². The molecule has 1 nitrogen and oxygen atoms in total. The second kappa shape index (κ2) is 6.64. The van der Waals surface area contributed by atoms with Crippen LogP contribution in [0.25, 0.3) is 0 Å². The zero-order valence-electron chi connectivity index (χ0n) is 14.7. The monoisotopic (exact) mass is 295 g/mol. The van der Waals surface area contributed by atoms with Gasteiger partial charge in [-0.25, -0.2) is 0 Å². The molecular weight excluding hydrogens is 266 g/mol. The van der Waals surface area contributed by atoms with Crippen molar-refractivity contribution in [2.45, 2.75) is 47.0 Å². The lowest BCUT2D eigenvalue weighted by Crippen LogP contribution is -2.09. The van der Waals surface area contributed by atoms with E-state index in [1.54, 1.807) is 0 Å². The number of hydrogen-bond donors (Lipinski definition) is 0. The summed E-state index contributed by atoms with van der Waals surface area (Å²) in [5.74, 6) is 0. The molecule has 0 aromatic heterocycles. The van der Waals surface area contributed by atoms with Crippen molar-refractivity contribution < 1.29 is 0 Å². The topological polar surface area (TPSA) is 12.4 Å². The van der Waals surface area contributed by atoms with Gasteiger partial charge in [-0.2, -0.15) is 0 Å². The molecule has 0 aliphatic heterocycles. The van der Waals surface area contributed by atoms with Crippen molar-refractivity contribution in [1.29, 1.82) is 0 Å². The van der Waals surface area contributed by atoms with Crippen molar-refractivity contribution in [3.8, 4) is 0 Å². The Hall–Kier alpha value is -1.63. The number of hydrogen-bond acceptors (Lipinski definition) is 1. The van der Waals surface area contributed by atoms with Crippen LogP contribution in [0.4, 0.5) is 0 Å². The molecule has 0 aromatic rings. The number of aliphatic imine (C=N–C) groups is 1. The van der Waals surface area contributed by atoms with Gasteiger partial charge in [0.25, 0.3) is 0 Å². The van der Waals surface area contributed by atoms with Gasteiger partial charge in [0.2, 0.25) is 0 Å². The predicted molar refractivity (Wildman–Crippen MR) is 98.4 cm³/mol. The molecule has 2 aliphatic rings. The molecule has 2 aliphatic carbocycles. The highest BCUT2D eigenvalue weighted by Gasteiger charge is 2.23. The van der Waals surface area contributed by atoms with Gasteiger partial charge < -0.3 is 0 Å². The molecule has 2 unspecified atom stereocenters. The van der Waals surface area contributed by atoms with Crippen LogP contribution >= 0.6 is 0 Å². The fourth-order valence-corrected chi connectivity index (χ4v) is 2.78. The minimum absolute atomic E-state index is 0.154. The van der Waals surface area contributed by atoms with Crippen LogP contribution in [0.2, 0.25) is 0 Å². The van der Waals surface area contributed by atoms with Gasteiger partial charge in [0, 0.05) is 18.0 Å². The van der Waals surface area contributed by atoms with Crippen LogP contribution in [0.5, 0.6) is 0 Å². The Bertz CT molecular complexity index is 597. The molecule has 1 heteroatoms. The highest BCUT2D eigenvalue weighted by Crippen LogP contribution is 2.34. The summed E-state index contributed by atoms with van der Waals surface area (Å²) < 4.78 is 0. The maximum absolute atomic E-state index is 4.51. The Morgan fingerprint density at radius 1 is 1.05 bits per heavy atom. The molecule has 2 rings (SSSR count). The van der Waals surface area contributed by atoms with Crippen LogP contribution in [-0.4, -0.2) is 12.8 Å². The van der Waals surface area contributed by atoms with Gasteiger partial charge in [0.15, 0.2) is 0 Å². The first-order chi connectivity index (χ1) is 10.5. The largest absolute Gasteiger partial charge is 0.288 e. The summed E-state index contributed by atoms with van der Waals surface area (Å²) in [4.78, 5) is 4.51. The van der Waals surface area contributed by atoms with Crippen LogP contribution in [0, 0.1) is 10.8 Å². The fraction of sp³-hybridized carbons (Fsp3) is 0.476. The van der Waals surface area contributed by atoms with Crippen molar-refractivity contribution in [3.05, 3.63) is 59.8 Å². The normalized spacial score (nSPS) is 33.4. The van der Waals surface area contributed by atoms with E-state index in [-0.39, 0.29) is 10.8 Å². The minimum Gasteiger partial charge on any atom is -0.288 e. The molecule has 0 N–H and O–H groups in total. The summed E-state index contributed by atoms with van der Waals surface area (Å²) in [6.07, 6.45) is 21.5. The molecule has 0 fully saturated rings. The molecule has 0 saturated heterocycles.